The van der Waals surface area contributed by atoms with Gasteiger partial charge in [0.05, 0.1) is 0 Å². The zero-order chi connectivity index (χ0) is 12.6. The zero-order valence-electron chi connectivity index (χ0n) is 10.6. The number of carbonyl (C=O) groups is 1. The van der Waals surface area contributed by atoms with E-state index >= 15 is 0 Å². The smallest absolute Gasteiger partial charge is 0.254 e. The lowest BCUT2D eigenvalue weighted by molar-refractivity contribution is 0.0399. The lowest BCUT2D eigenvalue weighted by Gasteiger charge is -2.42. The predicted molar refractivity (Wildman–Crippen MR) is 69.0 cm³/mol. The summed E-state index contributed by atoms with van der Waals surface area (Å²) in [5.41, 5.74) is 8.19. The van der Waals surface area contributed by atoms with Crippen LogP contribution in [-0.2, 0) is 0 Å². The van der Waals surface area contributed by atoms with Crippen molar-refractivity contribution < 1.29 is 4.79 Å². The van der Waals surface area contributed by atoms with Crippen LogP contribution in [0.2, 0.25) is 0 Å². The number of likely N-dealkylation sites (tertiary alicyclic amines) is 1. The Morgan fingerprint density at radius 3 is 2.59 bits per heavy atom. The molecule has 92 valence electrons. The van der Waals surface area contributed by atoms with E-state index in [0.717, 1.165) is 18.7 Å². The molecule has 1 saturated heterocycles. The van der Waals surface area contributed by atoms with Gasteiger partial charge >= 0.3 is 0 Å². The van der Waals surface area contributed by atoms with Crippen LogP contribution in [0, 0.1) is 6.92 Å². The second-order valence-electron chi connectivity index (χ2n) is 4.90. The molecule has 0 bridgehead atoms. The van der Waals surface area contributed by atoms with Gasteiger partial charge in [-0.3, -0.25) is 4.79 Å². The quantitative estimate of drug-likeness (QED) is 0.774. The molecule has 0 radical (unpaired) electrons. The number of carbonyl (C=O) groups excluding carboxylic acids is 1. The lowest BCUT2D eigenvalue weighted by Crippen LogP contribution is -2.59. The molecule has 0 saturated carbocycles. The average molecular weight is 233 g/mol. The van der Waals surface area contributed by atoms with Crippen LogP contribution in [0.3, 0.4) is 0 Å². The van der Waals surface area contributed by atoms with Gasteiger partial charge in [0.15, 0.2) is 0 Å². The highest BCUT2D eigenvalue weighted by atomic mass is 16.2. The molecule has 1 fully saturated rings. The Bertz CT molecular complexity index is 436. The minimum absolute atomic E-state index is 0.0785. The van der Waals surface area contributed by atoms with Crippen molar-refractivity contribution in [2.45, 2.75) is 13.0 Å². The molecule has 1 aliphatic heterocycles. The summed E-state index contributed by atoms with van der Waals surface area (Å²) in [4.78, 5) is 16.1. The molecule has 1 amide bonds. The first kappa shape index (κ1) is 11.9. The monoisotopic (exact) mass is 233 g/mol. The lowest BCUT2D eigenvalue weighted by atomic mass is 10.0. The van der Waals surface area contributed by atoms with Gasteiger partial charge in [-0.2, -0.15) is 0 Å². The first-order valence-corrected chi connectivity index (χ1v) is 5.81. The van der Waals surface area contributed by atoms with Crippen molar-refractivity contribution >= 4 is 11.6 Å². The van der Waals surface area contributed by atoms with Crippen molar-refractivity contribution in [3.8, 4) is 0 Å². The molecular weight excluding hydrogens is 214 g/mol. The van der Waals surface area contributed by atoms with Crippen molar-refractivity contribution in [3.05, 3.63) is 29.3 Å². The van der Waals surface area contributed by atoms with E-state index in [0.29, 0.717) is 17.3 Å². The van der Waals surface area contributed by atoms with Crippen LogP contribution in [0.25, 0.3) is 0 Å². The third-order valence-electron chi connectivity index (χ3n) is 3.41. The zero-order valence-corrected chi connectivity index (χ0v) is 10.6. The normalized spacial score (nSPS) is 16.1. The van der Waals surface area contributed by atoms with E-state index in [-0.39, 0.29) is 5.91 Å². The van der Waals surface area contributed by atoms with E-state index in [1.165, 1.54) is 0 Å². The van der Waals surface area contributed by atoms with E-state index < -0.39 is 0 Å². The van der Waals surface area contributed by atoms with Gasteiger partial charge in [0.25, 0.3) is 5.91 Å². The number of amides is 1. The van der Waals surface area contributed by atoms with Crippen LogP contribution >= 0.6 is 0 Å². The summed E-state index contributed by atoms with van der Waals surface area (Å²) in [6.07, 6.45) is 0. The number of nitrogens with zero attached hydrogens (tertiary/aromatic N) is 2. The Labute approximate surface area is 102 Å². The van der Waals surface area contributed by atoms with Gasteiger partial charge in [-0.15, -0.1) is 0 Å². The fraction of sp³-hybridized carbons (Fsp3) is 0.462. The van der Waals surface area contributed by atoms with Crippen molar-refractivity contribution in [1.29, 1.82) is 0 Å². The first-order valence-electron chi connectivity index (χ1n) is 5.81. The maximum atomic E-state index is 12.1. The highest BCUT2D eigenvalue weighted by molar-refractivity contribution is 5.95. The number of aryl methyl sites for hydroxylation is 1. The number of benzene rings is 1. The Balaban J connectivity index is 2.04. The molecule has 0 aliphatic carbocycles. The molecule has 0 aromatic heterocycles. The third-order valence-corrected chi connectivity index (χ3v) is 3.41. The minimum Gasteiger partial charge on any atom is -0.398 e. The number of nitrogens with two attached hydrogens (primary N) is 1. The third kappa shape index (κ3) is 2.26. The maximum Gasteiger partial charge on any atom is 0.254 e. The Hall–Kier alpha value is -1.55. The van der Waals surface area contributed by atoms with Gasteiger partial charge < -0.3 is 15.5 Å². The minimum atomic E-state index is 0.0785. The molecule has 4 heteroatoms. The largest absolute Gasteiger partial charge is 0.398 e. The molecule has 2 rings (SSSR count). The Morgan fingerprint density at radius 2 is 2.06 bits per heavy atom. The van der Waals surface area contributed by atoms with Crippen LogP contribution in [0.4, 0.5) is 5.69 Å². The van der Waals surface area contributed by atoms with Gasteiger partial charge in [-0.1, -0.05) is 6.07 Å². The molecule has 2 N–H and O–H groups in total. The SMILES string of the molecule is Cc1ccc(C(=O)N2CC(N(C)C)C2)cc1N. The second-order valence-corrected chi connectivity index (χ2v) is 4.90. The summed E-state index contributed by atoms with van der Waals surface area (Å²) in [6.45, 7) is 3.55. The summed E-state index contributed by atoms with van der Waals surface area (Å²) < 4.78 is 0. The molecule has 1 aliphatic rings. The maximum absolute atomic E-state index is 12.1. The number of hydrogen-bond donors (Lipinski definition) is 1. The van der Waals surface area contributed by atoms with Crippen molar-refractivity contribution in [1.82, 2.24) is 9.80 Å². The molecular formula is C13H19N3O. The van der Waals surface area contributed by atoms with E-state index in [1.807, 2.05) is 38.1 Å². The Morgan fingerprint density at radius 1 is 1.41 bits per heavy atom. The van der Waals surface area contributed by atoms with Gasteiger partial charge in [-0.05, 0) is 38.7 Å². The first-order chi connectivity index (χ1) is 7.99. The van der Waals surface area contributed by atoms with Gasteiger partial charge in [0.1, 0.15) is 0 Å². The van der Waals surface area contributed by atoms with Crippen LogP contribution < -0.4 is 5.73 Å². The number of nitrogen functional groups attached to an aromatic ring is 1. The van der Waals surface area contributed by atoms with Crippen molar-refractivity contribution in [3.63, 3.8) is 0 Å². The van der Waals surface area contributed by atoms with E-state index in [9.17, 15) is 4.79 Å². The van der Waals surface area contributed by atoms with E-state index in [1.54, 1.807) is 6.07 Å². The molecule has 4 nitrogen and oxygen atoms in total. The van der Waals surface area contributed by atoms with Crippen molar-refractivity contribution in [2.75, 3.05) is 32.9 Å². The number of anilines is 1. The summed E-state index contributed by atoms with van der Waals surface area (Å²) in [5.74, 6) is 0.0785. The van der Waals surface area contributed by atoms with Crippen LogP contribution in [0.15, 0.2) is 18.2 Å². The van der Waals surface area contributed by atoms with E-state index in [4.69, 9.17) is 5.73 Å². The predicted octanol–water partition coefficient (Wildman–Crippen LogP) is 0.963. The van der Waals surface area contributed by atoms with Gasteiger partial charge in [0.2, 0.25) is 0 Å². The molecule has 0 spiro atoms. The fourth-order valence-corrected chi connectivity index (χ4v) is 1.90. The Kier molecular flexibility index (Phi) is 3.07. The number of rotatable bonds is 2. The van der Waals surface area contributed by atoms with E-state index in [2.05, 4.69) is 4.90 Å². The van der Waals surface area contributed by atoms with Gasteiger partial charge in [0, 0.05) is 30.4 Å². The van der Waals surface area contributed by atoms with Crippen LogP contribution in [0.1, 0.15) is 15.9 Å². The molecule has 1 heterocycles. The highest BCUT2D eigenvalue weighted by Crippen LogP contribution is 2.19. The van der Waals surface area contributed by atoms with Gasteiger partial charge in [-0.25, -0.2) is 0 Å². The summed E-state index contributed by atoms with van der Waals surface area (Å²) >= 11 is 0. The molecule has 17 heavy (non-hydrogen) atoms. The molecule has 1 aromatic carbocycles. The summed E-state index contributed by atoms with van der Waals surface area (Å²) in [5, 5.41) is 0. The standard InChI is InChI=1S/C13H19N3O/c1-9-4-5-10(6-12(9)14)13(17)16-7-11(8-16)15(2)3/h4-6,11H,7-8,14H2,1-3H3. The van der Waals surface area contributed by atoms with Crippen LogP contribution in [0.5, 0.6) is 0 Å². The summed E-state index contributed by atoms with van der Waals surface area (Å²) in [6, 6.07) is 5.99. The fourth-order valence-electron chi connectivity index (χ4n) is 1.90. The van der Waals surface area contributed by atoms with Crippen LogP contribution in [-0.4, -0.2) is 48.9 Å². The van der Waals surface area contributed by atoms with Crippen molar-refractivity contribution in [2.24, 2.45) is 0 Å². The summed E-state index contributed by atoms with van der Waals surface area (Å²) in [7, 11) is 4.08. The molecule has 0 atom stereocenters. The average Bonchev–Trinajstić information content (AvgIpc) is 2.19. The number of hydrogen-bond acceptors (Lipinski definition) is 3. The number of likely N-dealkylation sites (N-methyl/N-ethyl adjacent to an activating group) is 1. The highest BCUT2D eigenvalue weighted by Gasteiger charge is 2.32. The molecule has 1 aromatic rings. The topological polar surface area (TPSA) is 49.6 Å². The second kappa shape index (κ2) is 4.37. The molecule has 0 unspecified atom stereocenters.